The van der Waals surface area contributed by atoms with Crippen LogP contribution >= 0.6 is 0 Å². The van der Waals surface area contributed by atoms with Gasteiger partial charge in [0.1, 0.15) is 5.75 Å². The highest BCUT2D eigenvalue weighted by molar-refractivity contribution is 5.96. The standard InChI is InChI=1S/C28H32N2O4/c1-2-3-17-34-26-15-13-25(14-16-26)28(32)30-19-27(31)29-18-22-9-11-24(12-10-22)21-33-20-23-7-5-4-6-8-23/h4-16H,2-3,17-21H2,1H3,(H,29,31)(H,30,32). The van der Waals surface area contributed by atoms with Crippen LogP contribution in [0.3, 0.4) is 0 Å². The van der Waals surface area contributed by atoms with Crippen molar-refractivity contribution in [1.82, 2.24) is 10.6 Å². The van der Waals surface area contributed by atoms with E-state index in [9.17, 15) is 9.59 Å². The number of benzene rings is 3. The van der Waals surface area contributed by atoms with E-state index in [-0.39, 0.29) is 18.4 Å². The van der Waals surface area contributed by atoms with E-state index in [1.165, 1.54) is 0 Å². The molecule has 6 heteroatoms. The average Bonchev–Trinajstić information content (AvgIpc) is 2.88. The number of carbonyl (C=O) groups excluding carboxylic acids is 2. The Hall–Kier alpha value is -3.64. The van der Waals surface area contributed by atoms with Crippen LogP contribution in [-0.2, 0) is 29.3 Å². The van der Waals surface area contributed by atoms with Crippen LogP contribution in [-0.4, -0.2) is 25.0 Å². The molecular weight excluding hydrogens is 428 g/mol. The molecule has 0 saturated carbocycles. The number of rotatable bonds is 13. The molecule has 0 aliphatic heterocycles. The summed E-state index contributed by atoms with van der Waals surface area (Å²) in [6.07, 6.45) is 2.06. The number of nitrogens with one attached hydrogen (secondary N) is 2. The summed E-state index contributed by atoms with van der Waals surface area (Å²) in [4.78, 5) is 24.4. The Balaban J connectivity index is 1.33. The van der Waals surface area contributed by atoms with Crippen LogP contribution in [0.5, 0.6) is 5.75 Å². The van der Waals surface area contributed by atoms with Gasteiger partial charge in [-0.15, -0.1) is 0 Å². The summed E-state index contributed by atoms with van der Waals surface area (Å²) >= 11 is 0. The maximum atomic E-state index is 12.3. The molecule has 3 rings (SSSR count). The largest absolute Gasteiger partial charge is 0.494 e. The summed E-state index contributed by atoms with van der Waals surface area (Å²) in [5.74, 6) is 0.190. The van der Waals surface area contributed by atoms with Crippen molar-refractivity contribution in [3.63, 3.8) is 0 Å². The first-order valence-electron chi connectivity index (χ1n) is 11.6. The zero-order valence-electron chi connectivity index (χ0n) is 19.6. The fraction of sp³-hybridized carbons (Fsp3) is 0.286. The van der Waals surface area contributed by atoms with Gasteiger partial charge in [0.15, 0.2) is 0 Å². The number of amides is 2. The molecule has 0 aliphatic carbocycles. The van der Waals surface area contributed by atoms with Gasteiger partial charge in [-0.2, -0.15) is 0 Å². The molecule has 2 N–H and O–H groups in total. The van der Waals surface area contributed by atoms with Crippen molar-refractivity contribution in [2.24, 2.45) is 0 Å². The maximum Gasteiger partial charge on any atom is 0.251 e. The van der Waals surface area contributed by atoms with Gasteiger partial charge in [0.25, 0.3) is 5.91 Å². The number of hydrogen-bond donors (Lipinski definition) is 2. The molecule has 0 aromatic heterocycles. The van der Waals surface area contributed by atoms with E-state index in [0.29, 0.717) is 31.9 Å². The molecule has 0 atom stereocenters. The molecular formula is C28H32N2O4. The first-order valence-corrected chi connectivity index (χ1v) is 11.6. The normalized spacial score (nSPS) is 10.5. The minimum absolute atomic E-state index is 0.0843. The van der Waals surface area contributed by atoms with Crippen molar-refractivity contribution in [3.05, 3.63) is 101 Å². The van der Waals surface area contributed by atoms with Gasteiger partial charge >= 0.3 is 0 Å². The fourth-order valence-corrected chi connectivity index (χ4v) is 3.18. The van der Waals surface area contributed by atoms with Crippen LogP contribution in [0.4, 0.5) is 0 Å². The van der Waals surface area contributed by atoms with Crippen LogP contribution in [0, 0.1) is 0 Å². The third-order valence-corrected chi connectivity index (χ3v) is 5.19. The zero-order valence-corrected chi connectivity index (χ0v) is 19.6. The Morgan fingerprint density at radius 3 is 2.09 bits per heavy atom. The van der Waals surface area contributed by atoms with Crippen LogP contribution in [0.25, 0.3) is 0 Å². The summed E-state index contributed by atoms with van der Waals surface area (Å²) < 4.78 is 11.3. The Morgan fingerprint density at radius 2 is 1.41 bits per heavy atom. The zero-order chi connectivity index (χ0) is 24.0. The van der Waals surface area contributed by atoms with Gasteiger partial charge < -0.3 is 20.1 Å². The highest BCUT2D eigenvalue weighted by atomic mass is 16.5. The highest BCUT2D eigenvalue weighted by Gasteiger charge is 2.08. The van der Waals surface area contributed by atoms with Crippen LogP contribution in [0.1, 0.15) is 46.8 Å². The summed E-state index contributed by atoms with van der Waals surface area (Å²) in [7, 11) is 0. The van der Waals surface area contributed by atoms with Crippen molar-refractivity contribution in [3.8, 4) is 5.75 Å². The quantitative estimate of drug-likeness (QED) is 0.365. The number of hydrogen-bond acceptors (Lipinski definition) is 4. The second kappa shape index (κ2) is 13.8. The van der Waals surface area contributed by atoms with Crippen LogP contribution < -0.4 is 15.4 Å². The molecule has 0 unspecified atom stereocenters. The molecule has 2 amide bonds. The van der Waals surface area contributed by atoms with Crippen molar-refractivity contribution in [2.45, 2.75) is 39.5 Å². The Labute approximate surface area is 201 Å². The van der Waals surface area contributed by atoms with Gasteiger partial charge in [-0.25, -0.2) is 0 Å². The van der Waals surface area contributed by atoms with E-state index in [0.717, 1.165) is 35.3 Å². The van der Waals surface area contributed by atoms with E-state index in [2.05, 4.69) is 17.6 Å². The molecule has 3 aromatic carbocycles. The van der Waals surface area contributed by atoms with Crippen molar-refractivity contribution in [2.75, 3.05) is 13.2 Å². The van der Waals surface area contributed by atoms with E-state index >= 15 is 0 Å². The Morgan fingerprint density at radius 1 is 0.765 bits per heavy atom. The number of unbranched alkanes of at least 4 members (excludes halogenated alkanes) is 1. The minimum Gasteiger partial charge on any atom is -0.494 e. The molecule has 0 fully saturated rings. The monoisotopic (exact) mass is 460 g/mol. The number of ether oxygens (including phenoxy) is 2. The smallest absolute Gasteiger partial charge is 0.251 e. The van der Waals surface area contributed by atoms with E-state index in [4.69, 9.17) is 9.47 Å². The van der Waals surface area contributed by atoms with Crippen molar-refractivity contribution < 1.29 is 19.1 Å². The topological polar surface area (TPSA) is 76.7 Å². The molecule has 0 spiro atoms. The molecule has 0 bridgehead atoms. The second-order valence-electron chi connectivity index (χ2n) is 7.98. The van der Waals surface area contributed by atoms with Gasteiger partial charge in [0, 0.05) is 12.1 Å². The van der Waals surface area contributed by atoms with Gasteiger partial charge in [-0.3, -0.25) is 9.59 Å². The van der Waals surface area contributed by atoms with Crippen molar-refractivity contribution in [1.29, 1.82) is 0 Å². The maximum absolute atomic E-state index is 12.3. The second-order valence-corrected chi connectivity index (χ2v) is 7.98. The van der Waals surface area contributed by atoms with Crippen LogP contribution in [0.15, 0.2) is 78.9 Å². The molecule has 3 aromatic rings. The minimum atomic E-state index is -0.296. The molecule has 178 valence electrons. The SMILES string of the molecule is CCCCOc1ccc(C(=O)NCC(=O)NCc2ccc(COCc3ccccc3)cc2)cc1. The summed E-state index contributed by atoms with van der Waals surface area (Å²) in [5.41, 5.74) is 3.67. The first-order chi connectivity index (χ1) is 16.6. The van der Waals surface area contributed by atoms with Gasteiger partial charge in [0.2, 0.25) is 5.91 Å². The lowest BCUT2D eigenvalue weighted by atomic mass is 10.1. The third-order valence-electron chi connectivity index (χ3n) is 5.19. The predicted molar refractivity (Wildman–Crippen MR) is 132 cm³/mol. The predicted octanol–water partition coefficient (Wildman–Crippen LogP) is 4.63. The molecule has 0 aliphatic rings. The summed E-state index contributed by atoms with van der Waals surface area (Å²) in [6, 6.07) is 24.9. The van der Waals surface area contributed by atoms with Crippen LogP contribution in [0.2, 0.25) is 0 Å². The lowest BCUT2D eigenvalue weighted by molar-refractivity contribution is -0.120. The summed E-state index contributed by atoms with van der Waals surface area (Å²) in [6.45, 7) is 4.17. The molecule has 0 heterocycles. The molecule has 34 heavy (non-hydrogen) atoms. The number of carbonyl (C=O) groups is 2. The van der Waals surface area contributed by atoms with E-state index < -0.39 is 0 Å². The summed E-state index contributed by atoms with van der Waals surface area (Å²) in [5, 5.41) is 5.47. The van der Waals surface area contributed by atoms with Crippen molar-refractivity contribution >= 4 is 11.8 Å². The highest BCUT2D eigenvalue weighted by Crippen LogP contribution is 2.13. The van der Waals surface area contributed by atoms with E-state index in [1.54, 1.807) is 24.3 Å². The van der Waals surface area contributed by atoms with E-state index in [1.807, 2.05) is 54.6 Å². The van der Waals surface area contributed by atoms with Gasteiger partial charge in [0.05, 0.1) is 26.4 Å². The lowest BCUT2D eigenvalue weighted by Gasteiger charge is -2.09. The fourth-order valence-electron chi connectivity index (χ4n) is 3.18. The molecule has 0 radical (unpaired) electrons. The Kier molecular flexibility index (Phi) is 10.1. The van der Waals surface area contributed by atoms with Gasteiger partial charge in [-0.05, 0) is 47.4 Å². The molecule has 0 saturated heterocycles. The third kappa shape index (κ3) is 8.71. The molecule has 6 nitrogen and oxygen atoms in total. The average molecular weight is 461 g/mol. The first kappa shape index (κ1) is 25.0. The lowest BCUT2D eigenvalue weighted by Crippen LogP contribution is -2.36. The Bertz CT molecular complexity index is 1020. The van der Waals surface area contributed by atoms with Gasteiger partial charge in [-0.1, -0.05) is 67.9 Å².